The van der Waals surface area contributed by atoms with Crippen LogP contribution in [0, 0.1) is 13.7 Å². The van der Waals surface area contributed by atoms with Gasteiger partial charge in [0.2, 0.25) is 0 Å². The number of nitrogens with one attached hydrogen (secondary N) is 1. The van der Waals surface area contributed by atoms with E-state index in [-0.39, 0.29) is 17.2 Å². The second kappa shape index (κ2) is 5.76. The molecule has 0 aliphatic carbocycles. The maximum absolute atomic E-state index is 12.3. The number of amides is 1. The van der Waals surface area contributed by atoms with Crippen molar-refractivity contribution in [2.45, 2.75) is 0 Å². The van der Waals surface area contributed by atoms with Crippen molar-refractivity contribution in [1.82, 2.24) is 0 Å². The molecule has 110 valence electrons. The Bertz CT molecular complexity index is 871. The first-order chi connectivity index (χ1) is 10.5. The molecular weight excluding hydrogens is 399 g/mol. The summed E-state index contributed by atoms with van der Waals surface area (Å²) in [6.45, 7) is 0. The molecule has 2 aromatic carbocycles. The van der Waals surface area contributed by atoms with E-state index in [0.29, 0.717) is 16.7 Å². The first-order valence-corrected chi connectivity index (χ1v) is 7.35. The molecule has 0 bridgehead atoms. The fourth-order valence-electron chi connectivity index (χ4n) is 2.04. The molecule has 0 radical (unpaired) electrons. The fraction of sp³-hybridized carbons (Fsp3) is 0. The van der Waals surface area contributed by atoms with Crippen LogP contribution < -0.4 is 5.32 Å². The van der Waals surface area contributed by atoms with Crippen LogP contribution in [0.4, 0.5) is 11.4 Å². The third-order valence-electron chi connectivity index (χ3n) is 3.11. The highest BCUT2D eigenvalue weighted by Gasteiger charge is 2.17. The molecule has 22 heavy (non-hydrogen) atoms. The average Bonchev–Trinajstić information content (AvgIpc) is 2.92. The number of nitrogens with zero attached hydrogens (tertiary/aromatic N) is 1. The van der Waals surface area contributed by atoms with Crippen molar-refractivity contribution in [1.29, 1.82) is 0 Å². The maximum Gasteiger partial charge on any atom is 0.270 e. The van der Waals surface area contributed by atoms with Gasteiger partial charge < -0.3 is 9.73 Å². The number of rotatable bonds is 3. The van der Waals surface area contributed by atoms with Crippen LogP contribution in [0.5, 0.6) is 0 Å². The van der Waals surface area contributed by atoms with Crippen molar-refractivity contribution in [3.63, 3.8) is 0 Å². The summed E-state index contributed by atoms with van der Waals surface area (Å²) in [5.74, 6) is -0.375. The van der Waals surface area contributed by atoms with E-state index in [1.807, 2.05) is 12.1 Å². The molecule has 0 atom stereocenters. The molecule has 3 rings (SSSR count). The monoisotopic (exact) mass is 408 g/mol. The number of fused-ring (bicyclic) bond motifs is 1. The molecule has 3 aromatic rings. The quantitative estimate of drug-likeness (QED) is 0.400. The Balaban J connectivity index is 1.95. The third-order valence-corrected chi connectivity index (χ3v) is 3.83. The third kappa shape index (κ3) is 2.80. The van der Waals surface area contributed by atoms with E-state index in [0.717, 1.165) is 3.57 Å². The predicted octanol–water partition coefficient (Wildman–Crippen LogP) is 4.20. The maximum atomic E-state index is 12.3. The van der Waals surface area contributed by atoms with Gasteiger partial charge in [-0.3, -0.25) is 14.9 Å². The molecule has 0 spiro atoms. The number of nitro benzene ring substituents is 1. The fourth-order valence-corrected chi connectivity index (χ4v) is 2.40. The van der Waals surface area contributed by atoms with Gasteiger partial charge in [-0.15, -0.1) is 0 Å². The van der Waals surface area contributed by atoms with E-state index in [2.05, 4.69) is 27.9 Å². The molecule has 7 heteroatoms. The lowest BCUT2D eigenvalue weighted by molar-refractivity contribution is -0.384. The second-order valence-corrected chi connectivity index (χ2v) is 5.79. The molecule has 1 amide bonds. The largest absolute Gasteiger partial charge is 0.463 e. The van der Waals surface area contributed by atoms with Gasteiger partial charge in [0.1, 0.15) is 11.8 Å². The molecule has 0 saturated heterocycles. The first-order valence-electron chi connectivity index (χ1n) is 6.27. The number of halogens is 1. The Hall–Kier alpha value is -2.42. The minimum absolute atomic E-state index is 0.0859. The number of anilines is 1. The number of non-ortho nitro benzene ring substituents is 1. The zero-order valence-corrected chi connectivity index (χ0v) is 13.2. The standard InChI is InChI=1S/C15H9IN2O4/c16-9-1-3-10(4-2-9)17-15(19)13-8-22-14-6-5-11(18(20)21)7-12(13)14/h1-8H,(H,17,19). The van der Waals surface area contributed by atoms with Gasteiger partial charge in [0.25, 0.3) is 11.6 Å². The molecule has 0 unspecified atom stereocenters. The Morgan fingerprint density at radius 2 is 1.91 bits per heavy atom. The van der Waals surface area contributed by atoms with Crippen molar-refractivity contribution >= 4 is 50.8 Å². The topological polar surface area (TPSA) is 85.4 Å². The van der Waals surface area contributed by atoms with Crippen molar-refractivity contribution in [3.8, 4) is 0 Å². The molecule has 1 aromatic heterocycles. The summed E-state index contributed by atoms with van der Waals surface area (Å²) in [6, 6.07) is 11.5. The van der Waals surface area contributed by atoms with Crippen LogP contribution in [0.25, 0.3) is 11.0 Å². The second-order valence-electron chi connectivity index (χ2n) is 4.55. The van der Waals surface area contributed by atoms with E-state index in [4.69, 9.17) is 4.42 Å². The highest BCUT2D eigenvalue weighted by Crippen LogP contribution is 2.26. The number of carbonyl (C=O) groups excluding carboxylic acids is 1. The summed E-state index contributed by atoms with van der Waals surface area (Å²) >= 11 is 2.17. The number of carbonyl (C=O) groups is 1. The zero-order chi connectivity index (χ0) is 15.7. The zero-order valence-electron chi connectivity index (χ0n) is 11.1. The summed E-state index contributed by atoms with van der Waals surface area (Å²) in [7, 11) is 0. The smallest absolute Gasteiger partial charge is 0.270 e. The normalized spacial score (nSPS) is 10.6. The van der Waals surface area contributed by atoms with E-state index in [1.54, 1.807) is 12.1 Å². The lowest BCUT2D eigenvalue weighted by Crippen LogP contribution is -2.11. The predicted molar refractivity (Wildman–Crippen MR) is 90.0 cm³/mol. The molecule has 0 aliphatic rings. The van der Waals surface area contributed by atoms with Crippen molar-refractivity contribution in [2.75, 3.05) is 5.32 Å². The van der Waals surface area contributed by atoms with Crippen LogP contribution in [0.15, 0.2) is 53.1 Å². The number of benzene rings is 2. The molecule has 0 saturated carbocycles. The highest BCUT2D eigenvalue weighted by atomic mass is 127. The highest BCUT2D eigenvalue weighted by molar-refractivity contribution is 14.1. The minimum atomic E-state index is -0.507. The number of furan rings is 1. The van der Waals surface area contributed by atoms with E-state index < -0.39 is 4.92 Å². The van der Waals surface area contributed by atoms with Crippen LogP contribution in [0.3, 0.4) is 0 Å². The van der Waals surface area contributed by atoms with Crippen LogP contribution >= 0.6 is 22.6 Å². The number of hydrogen-bond acceptors (Lipinski definition) is 4. The van der Waals surface area contributed by atoms with Crippen LogP contribution in [0.2, 0.25) is 0 Å². The molecule has 1 N–H and O–H groups in total. The lowest BCUT2D eigenvalue weighted by atomic mass is 10.1. The molecule has 0 aliphatic heterocycles. The van der Waals surface area contributed by atoms with Crippen molar-refractivity contribution < 1.29 is 14.1 Å². The Morgan fingerprint density at radius 3 is 2.59 bits per heavy atom. The van der Waals surface area contributed by atoms with Gasteiger partial charge in [0, 0.05) is 26.8 Å². The molecule has 1 heterocycles. The minimum Gasteiger partial charge on any atom is -0.463 e. The number of hydrogen-bond donors (Lipinski definition) is 1. The summed E-state index contributed by atoms with van der Waals surface area (Å²) in [5, 5.41) is 14.0. The summed E-state index contributed by atoms with van der Waals surface area (Å²) in [4.78, 5) is 22.6. The lowest BCUT2D eigenvalue weighted by Gasteiger charge is -2.03. The van der Waals surface area contributed by atoms with Crippen LogP contribution in [0.1, 0.15) is 10.4 Å². The van der Waals surface area contributed by atoms with Gasteiger partial charge in [-0.25, -0.2) is 0 Å². The van der Waals surface area contributed by atoms with Crippen molar-refractivity contribution in [3.05, 3.63) is 68.0 Å². The van der Waals surface area contributed by atoms with E-state index in [1.165, 1.54) is 24.5 Å². The Morgan fingerprint density at radius 1 is 1.18 bits per heavy atom. The van der Waals surface area contributed by atoms with Crippen molar-refractivity contribution in [2.24, 2.45) is 0 Å². The molecular formula is C15H9IN2O4. The van der Waals surface area contributed by atoms with Gasteiger partial charge in [-0.1, -0.05) is 0 Å². The van der Waals surface area contributed by atoms with Gasteiger partial charge in [-0.05, 0) is 52.9 Å². The van der Waals surface area contributed by atoms with Crippen LogP contribution in [-0.2, 0) is 0 Å². The first kappa shape index (κ1) is 14.5. The Kier molecular flexibility index (Phi) is 3.80. The van der Waals surface area contributed by atoms with Crippen LogP contribution in [-0.4, -0.2) is 10.8 Å². The van der Waals surface area contributed by atoms with Gasteiger partial charge in [-0.2, -0.15) is 0 Å². The average molecular weight is 408 g/mol. The number of nitro groups is 1. The van der Waals surface area contributed by atoms with E-state index >= 15 is 0 Å². The van der Waals surface area contributed by atoms with Gasteiger partial charge in [0.15, 0.2) is 0 Å². The van der Waals surface area contributed by atoms with Gasteiger partial charge in [0.05, 0.1) is 10.5 Å². The molecule has 6 nitrogen and oxygen atoms in total. The van der Waals surface area contributed by atoms with E-state index in [9.17, 15) is 14.9 Å². The Labute approximate surface area is 138 Å². The van der Waals surface area contributed by atoms with Gasteiger partial charge >= 0.3 is 0 Å². The summed E-state index contributed by atoms with van der Waals surface area (Å²) in [6.07, 6.45) is 1.30. The molecule has 0 fully saturated rings. The summed E-state index contributed by atoms with van der Waals surface area (Å²) in [5.41, 5.74) is 1.25. The SMILES string of the molecule is O=C(Nc1ccc(I)cc1)c1coc2ccc([N+](=O)[O-])cc12. The summed E-state index contributed by atoms with van der Waals surface area (Å²) < 4.78 is 6.33.